The van der Waals surface area contributed by atoms with Crippen molar-refractivity contribution in [3.8, 4) is 22.5 Å². The van der Waals surface area contributed by atoms with Crippen LogP contribution in [-0.4, -0.2) is 33.0 Å². The highest BCUT2D eigenvalue weighted by molar-refractivity contribution is 5.96. The quantitative estimate of drug-likeness (QED) is 0.271. The summed E-state index contributed by atoms with van der Waals surface area (Å²) < 4.78 is 0. The summed E-state index contributed by atoms with van der Waals surface area (Å²) in [5, 5.41) is 12.4. The van der Waals surface area contributed by atoms with E-state index in [4.69, 9.17) is 0 Å². The van der Waals surface area contributed by atoms with E-state index in [1.807, 2.05) is 48.8 Å². The maximum absolute atomic E-state index is 12.7. The lowest BCUT2D eigenvalue weighted by Crippen LogP contribution is -2.42. The molecule has 3 aromatic carbocycles. The summed E-state index contributed by atoms with van der Waals surface area (Å²) in [6, 6.07) is 22.1. The van der Waals surface area contributed by atoms with Crippen molar-refractivity contribution in [2.45, 2.75) is 58.4 Å². The Hall–Kier alpha value is -4.32. The van der Waals surface area contributed by atoms with E-state index in [2.05, 4.69) is 74.2 Å². The molecule has 0 aliphatic rings. The van der Waals surface area contributed by atoms with E-state index in [0.717, 1.165) is 27.8 Å². The maximum atomic E-state index is 12.7. The molecule has 4 rings (SSSR count). The third-order valence-electron chi connectivity index (χ3n) is 6.83. The smallest absolute Gasteiger partial charge is 0.326 e. The van der Waals surface area contributed by atoms with Gasteiger partial charge >= 0.3 is 5.97 Å². The van der Waals surface area contributed by atoms with Crippen molar-refractivity contribution in [1.82, 2.24) is 15.3 Å². The Labute approximate surface area is 230 Å². The van der Waals surface area contributed by atoms with Gasteiger partial charge in [0, 0.05) is 35.5 Å². The topological polar surface area (TPSA) is 92.2 Å². The first kappa shape index (κ1) is 27.7. The zero-order chi connectivity index (χ0) is 28.2. The van der Waals surface area contributed by atoms with Gasteiger partial charge in [0.25, 0.3) is 5.91 Å². The van der Waals surface area contributed by atoms with Gasteiger partial charge in [0.2, 0.25) is 0 Å². The highest BCUT2D eigenvalue weighted by Crippen LogP contribution is 2.24. The number of aromatic nitrogens is 2. The van der Waals surface area contributed by atoms with E-state index < -0.39 is 17.9 Å². The fraction of sp³-hybridized carbons (Fsp3) is 0.273. The second-order valence-corrected chi connectivity index (χ2v) is 11.2. The van der Waals surface area contributed by atoms with Crippen molar-refractivity contribution in [1.29, 1.82) is 0 Å². The first-order valence-corrected chi connectivity index (χ1v) is 13.2. The van der Waals surface area contributed by atoms with Gasteiger partial charge in [0.05, 0.1) is 0 Å². The molecule has 6 nitrogen and oxygen atoms in total. The monoisotopic (exact) mass is 521 g/mol. The van der Waals surface area contributed by atoms with Gasteiger partial charge in [-0.15, -0.1) is 0 Å². The van der Waals surface area contributed by atoms with E-state index in [1.165, 1.54) is 5.56 Å². The summed E-state index contributed by atoms with van der Waals surface area (Å²) in [5.74, 6) is -0.426. The third-order valence-corrected chi connectivity index (χ3v) is 6.83. The molecule has 0 aliphatic carbocycles. The van der Waals surface area contributed by atoms with Crippen LogP contribution in [0.2, 0.25) is 0 Å². The standard InChI is InChI=1S/C33H35N3O3/c1-21(2)23-10-12-24(13-11-23)27-19-34-30(35-20-27)25-8-6-22(7-9-25)18-29(32(38)39)36-31(37)26-14-16-28(17-15-26)33(3,4)5/h6-17,19-21,29H,18H2,1-5H3,(H,36,37)(H,38,39). The molecule has 0 spiro atoms. The van der Waals surface area contributed by atoms with Gasteiger partial charge in [-0.1, -0.05) is 95.3 Å². The molecule has 200 valence electrons. The number of carboxylic acid groups (broad SMARTS) is 1. The summed E-state index contributed by atoms with van der Waals surface area (Å²) in [5.41, 5.74) is 6.42. The van der Waals surface area contributed by atoms with Crippen LogP contribution in [0.4, 0.5) is 0 Å². The number of hydrogen-bond donors (Lipinski definition) is 2. The number of rotatable bonds is 8. The minimum absolute atomic E-state index is 0.0303. The average Bonchev–Trinajstić information content (AvgIpc) is 2.93. The first-order valence-electron chi connectivity index (χ1n) is 13.2. The molecule has 1 amide bonds. The molecule has 0 fully saturated rings. The number of carboxylic acids is 1. The molecular weight excluding hydrogens is 486 g/mol. The van der Waals surface area contributed by atoms with Gasteiger partial charge in [-0.3, -0.25) is 4.79 Å². The Morgan fingerprint density at radius 3 is 1.87 bits per heavy atom. The maximum Gasteiger partial charge on any atom is 0.326 e. The van der Waals surface area contributed by atoms with Crippen LogP contribution in [0.1, 0.15) is 67.6 Å². The average molecular weight is 522 g/mol. The number of aliphatic carboxylic acids is 1. The minimum Gasteiger partial charge on any atom is -0.480 e. The van der Waals surface area contributed by atoms with E-state index >= 15 is 0 Å². The molecule has 1 unspecified atom stereocenters. The normalized spacial score (nSPS) is 12.3. The zero-order valence-corrected chi connectivity index (χ0v) is 23.1. The first-order chi connectivity index (χ1) is 18.5. The predicted octanol–water partition coefficient (Wildman–Crippen LogP) is 6.66. The summed E-state index contributed by atoms with van der Waals surface area (Å²) in [6.07, 6.45) is 3.78. The van der Waals surface area contributed by atoms with Crippen molar-refractivity contribution in [2.24, 2.45) is 0 Å². The number of nitrogens with zero attached hydrogens (tertiary/aromatic N) is 2. The molecule has 39 heavy (non-hydrogen) atoms. The van der Waals surface area contributed by atoms with Crippen LogP contribution >= 0.6 is 0 Å². The van der Waals surface area contributed by atoms with Gasteiger partial charge in [-0.05, 0) is 45.7 Å². The Balaban J connectivity index is 1.41. The largest absolute Gasteiger partial charge is 0.480 e. The summed E-state index contributed by atoms with van der Waals surface area (Å²) in [7, 11) is 0. The van der Waals surface area contributed by atoms with Gasteiger partial charge < -0.3 is 10.4 Å². The van der Waals surface area contributed by atoms with Gasteiger partial charge in [-0.2, -0.15) is 0 Å². The van der Waals surface area contributed by atoms with E-state index in [1.54, 1.807) is 12.1 Å². The molecule has 6 heteroatoms. The number of amides is 1. The van der Waals surface area contributed by atoms with Crippen LogP contribution < -0.4 is 5.32 Å². The Kier molecular flexibility index (Phi) is 8.24. The lowest BCUT2D eigenvalue weighted by molar-refractivity contribution is -0.139. The van der Waals surface area contributed by atoms with Crippen molar-refractivity contribution < 1.29 is 14.7 Å². The summed E-state index contributed by atoms with van der Waals surface area (Å²) in [4.78, 5) is 33.7. The Morgan fingerprint density at radius 2 is 1.36 bits per heavy atom. The summed E-state index contributed by atoms with van der Waals surface area (Å²) in [6.45, 7) is 10.6. The summed E-state index contributed by atoms with van der Waals surface area (Å²) >= 11 is 0. The van der Waals surface area contributed by atoms with E-state index in [9.17, 15) is 14.7 Å². The van der Waals surface area contributed by atoms with Crippen molar-refractivity contribution >= 4 is 11.9 Å². The molecule has 0 saturated carbocycles. The van der Waals surface area contributed by atoms with Gasteiger partial charge in [-0.25, -0.2) is 14.8 Å². The molecule has 0 aliphatic heterocycles. The molecule has 0 radical (unpaired) electrons. The molecule has 2 N–H and O–H groups in total. The van der Waals surface area contributed by atoms with E-state index in [0.29, 0.717) is 17.3 Å². The van der Waals surface area contributed by atoms with Crippen LogP contribution in [0.15, 0.2) is 85.2 Å². The van der Waals surface area contributed by atoms with Crippen LogP contribution in [0.5, 0.6) is 0 Å². The van der Waals surface area contributed by atoms with Crippen LogP contribution in [0.3, 0.4) is 0 Å². The molecule has 0 saturated heterocycles. The third kappa shape index (κ3) is 6.96. The highest BCUT2D eigenvalue weighted by Gasteiger charge is 2.22. The van der Waals surface area contributed by atoms with E-state index in [-0.39, 0.29) is 11.8 Å². The van der Waals surface area contributed by atoms with Crippen LogP contribution in [-0.2, 0) is 16.6 Å². The second-order valence-electron chi connectivity index (χ2n) is 11.2. The molecular formula is C33H35N3O3. The zero-order valence-electron chi connectivity index (χ0n) is 23.1. The van der Waals surface area contributed by atoms with Gasteiger partial charge in [0.15, 0.2) is 5.82 Å². The number of nitrogens with one attached hydrogen (secondary N) is 1. The SMILES string of the molecule is CC(C)c1ccc(-c2cnc(-c3ccc(CC(NC(=O)c4ccc(C(C)(C)C)cc4)C(=O)O)cc3)nc2)cc1. The molecule has 4 aromatic rings. The van der Waals surface area contributed by atoms with Gasteiger partial charge in [0.1, 0.15) is 6.04 Å². The van der Waals surface area contributed by atoms with Crippen LogP contribution in [0.25, 0.3) is 22.5 Å². The lowest BCUT2D eigenvalue weighted by Gasteiger charge is -2.19. The highest BCUT2D eigenvalue weighted by atomic mass is 16.4. The fourth-order valence-corrected chi connectivity index (χ4v) is 4.28. The number of hydrogen-bond acceptors (Lipinski definition) is 4. The molecule has 1 heterocycles. The number of benzene rings is 3. The Bertz CT molecular complexity index is 1420. The molecule has 1 aromatic heterocycles. The van der Waals surface area contributed by atoms with Crippen molar-refractivity contribution in [3.63, 3.8) is 0 Å². The second kappa shape index (κ2) is 11.6. The molecule has 1 atom stereocenters. The predicted molar refractivity (Wildman–Crippen MR) is 155 cm³/mol. The number of carbonyl (C=O) groups is 2. The fourth-order valence-electron chi connectivity index (χ4n) is 4.28. The Morgan fingerprint density at radius 1 is 0.795 bits per heavy atom. The van der Waals surface area contributed by atoms with Crippen molar-refractivity contribution in [2.75, 3.05) is 0 Å². The van der Waals surface area contributed by atoms with Crippen molar-refractivity contribution in [3.05, 3.63) is 107 Å². The van der Waals surface area contributed by atoms with Crippen LogP contribution in [0, 0.1) is 0 Å². The number of carbonyl (C=O) groups excluding carboxylic acids is 1. The lowest BCUT2D eigenvalue weighted by atomic mass is 9.86. The molecule has 0 bridgehead atoms. The minimum atomic E-state index is -1.08.